The Morgan fingerprint density at radius 3 is 2.58 bits per heavy atom. The number of imide groups is 1. The molecule has 3 fully saturated rings. The summed E-state index contributed by atoms with van der Waals surface area (Å²) < 4.78 is 12.6. The second-order valence-corrected chi connectivity index (χ2v) is 18.7. The van der Waals surface area contributed by atoms with E-state index in [9.17, 15) is 19.2 Å². The van der Waals surface area contributed by atoms with Crippen LogP contribution in [0, 0.1) is 40.9 Å². The van der Waals surface area contributed by atoms with Crippen LogP contribution in [0.3, 0.4) is 0 Å². The van der Waals surface area contributed by atoms with Gasteiger partial charge in [0.05, 0.1) is 22.7 Å². The van der Waals surface area contributed by atoms with E-state index in [1.54, 1.807) is 0 Å². The van der Waals surface area contributed by atoms with Gasteiger partial charge in [-0.3, -0.25) is 14.5 Å². The van der Waals surface area contributed by atoms with Gasteiger partial charge in [0.2, 0.25) is 0 Å². The average molecular weight is 756 g/mol. The molecule has 5 aliphatic heterocycles. The number of rotatable bonds is 5. The second kappa shape index (κ2) is 14.3. The lowest BCUT2D eigenvalue weighted by Gasteiger charge is -2.57. The Morgan fingerprint density at radius 2 is 1.77 bits per heavy atom. The first-order valence-electron chi connectivity index (χ1n) is 19.9. The maximum absolute atomic E-state index is 14.7. The number of esters is 2. The minimum absolute atomic E-state index is 0.0125. The molecule has 2 amide bonds. The number of hydrogen-bond acceptors (Lipinski definition) is 10. The number of ether oxygens (including phenoxy) is 2. The SMILES string of the molecule is CCC/C=C1\OC(=O)C2=C1CC[C@H]1[C@@H]3CC[C@@]4(C5=C3[C@@H](CN3C(=O)C=CC3=O)C3=CCNC(=C3)NCSSC[C@H](C3CCCCC3)C/C=C/4OC5=O)[C@@H]21. The van der Waals surface area contributed by atoms with Crippen molar-refractivity contribution in [2.24, 2.45) is 40.9 Å². The van der Waals surface area contributed by atoms with Gasteiger partial charge >= 0.3 is 11.9 Å². The number of unbranched alkanes of at least 4 members (excludes halogenated alkanes) is 1. The first kappa shape index (κ1) is 35.3. The Hall–Kier alpha value is -3.44. The smallest absolute Gasteiger partial charge is 0.340 e. The lowest BCUT2D eigenvalue weighted by molar-refractivity contribution is -0.138. The zero-order valence-electron chi connectivity index (χ0n) is 30.5. The number of nitrogens with one attached hydrogen (secondary N) is 2. The molecule has 9 nitrogen and oxygen atoms in total. The predicted molar refractivity (Wildman–Crippen MR) is 205 cm³/mol. The van der Waals surface area contributed by atoms with E-state index in [0.717, 1.165) is 78.3 Å². The van der Waals surface area contributed by atoms with Crippen molar-refractivity contribution < 1.29 is 28.7 Å². The summed E-state index contributed by atoms with van der Waals surface area (Å²) >= 11 is 0. The highest BCUT2D eigenvalue weighted by Gasteiger charge is 2.69. The van der Waals surface area contributed by atoms with Gasteiger partial charge in [0.15, 0.2) is 0 Å². The molecule has 2 N–H and O–H groups in total. The summed E-state index contributed by atoms with van der Waals surface area (Å²) in [6, 6.07) is 0. The zero-order valence-corrected chi connectivity index (χ0v) is 32.1. The Balaban J connectivity index is 1.24. The Bertz CT molecular complexity index is 1830. The summed E-state index contributed by atoms with van der Waals surface area (Å²) in [6.07, 6.45) is 23.3. The van der Waals surface area contributed by atoms with E-state index in [1.165, 1.54) is 49.2 Å². The van der Waals surface area contributed by atoms with Gasteiger partial charge in [0.1, 0.15) is 11.5 Å². The van der Waals surface area contributed by atoms with Crippen molar-refractivity contribution >= 4 is 45.3 Å². The van der Waals surface area contributed by atoms with Crippen LogP contribution in [0.5, 0.6) is 0 Å². The molecule has 280 valence electrons. The molecule has 5 aliphatic carbocycles. The van der Waals surface area contributed by atoms with Gasteiger partial charge in [-0.15, -0.1) is 0 Å². The van der Waals surface area contributed by atoms with Crippen molar-refractivity contribution in [3.8, 4) is 0 Å². The number of cyclic esters (lactones) is 1. The lowest BCUT2D eigenvalue weighted by atomic mass is 9.43. The van der Waals surface area contributed by atoms with E-state index in [1.807, 2.05) is 21.6 Å². The number of allylic oxidation sites excluding steroid dienone is 5. The normalized spacial score (nSPS) is 36.0. The predicted octanol–water partition coefficient (Wildman–Crippen LogP) is 7.14. The van der Waals surface area contributed by atoms with Crippen molar-refractivity contribution in [2.75, 3.05) is 24.7 Å². The first-order chi connectivity index (χ1) is 25.9. The Labute approximate surface area is 319 Å². The summed E-state index contributed by atoms with van der Waals surface area (Å²) in [5.74, 6) is 3.32. The summed E-state index contributed by atoms with van der Waals surface area (Å²) in [5, 5.41) is 7.07. The molecular formula is C42H49N3O6S2. The molecule has 6 atom stereocenters. The number of fused-ring (bicyclic) bond motifs is 2. The second-order valence-electron chi connectivity index (χ2n) is 16.2. The Morgan fingerprint density at radius 1 is 0.943 bits per heavy atom. The molecule has 0 aromatic heterocycles. The standard InChI is InChI=1S/C42H49N3O6S2/c1-2-3-9-31-29-12-11-28-27-16-18-42(38(28)37(29)40(48)50-31)32-13-10-26(24-7-5-4-6-8-24)22-52-53-23-44-33-20-25(17-19-43-33)30(36(27)39(42)41(49)51-32)21-45-34(46)14-15-35(45)47/h9,13-15,17,20,24,26-28,30,38,43-44H,2-8,10-12,16,18-19,21-23H2,1H3/b31-9-,32-13-/t26-,27+,28+,30+,38-,42+/m1/s1. The summed E-state index contributed by atoms with van der Waals surface area (Å²) in [6.45, 7) is 2.85. The minimum Gasteiger partial charge on any atom is -0.427 e. The van der Waals surface area contributed by atoms with E-state index in [-0.39, 0.29) is 48.1 Å². The maximum Gasteiger partial charge on any atom is 0.340 e. The lowest BCUT2D eigenvalue weighted by Crippen LogP contribution is -2.54. The number of dihydropyridines is 1. The van der Waals surface area contributed by atoms with Gasteiger partial charge in [-0.25, -0.2) is 9.59 Å². The minimum atomic E-state index is -0.810. The van der Waals surface area contributed by atoms with E-state index < -0.39 is 11.3 Å². The van der Waals surface area contributed by atoms with Crippen LogP contribution in [0.2, 0.25) is 0 Å². The number of carbonyl (C=O) groups excluding carboxylic acids is 4. The van der Waals surface area contributed by atoms with Crippen LogP contribution in [0.4, 0.5) is 0 Å². The summed E-state index contributed by atoms with van der Waals surface area (Å²) in [5.41, 5.74) is 3.60. The summed E-state index contributed by atoms with van der Waals surface area (Å²) in [7, 11) is 3.73. The Kier molecular flexibility index (Phi) is 9.54. The molecule has 7 bridgehead atoms. The van der Waals surface area contributed by atoms with Gasteiger partial charge in [0, 0.05) is 54.0 Å². The van der Waals surface area contributed by atoms with E-state index >= 15 is 0 Å². The van der Waals surface area contributed by atoms with Crippen LogP contribution in [0.1, 0.15) is 84.0 Å². The molecule has 1 spiro atoms. The molecular weight excluding hydrogens is 707 g/mol. The highest BCUT2D eigenvalue weighted by Crippen LogP contribution is 2.71. The number of nitrogens with zero attached hydrogens (tertiary/aromatic N) is 1. The largest absolute Gasteiger partial charge is 0.427 e. The van der Waals surface area contributed by atoms with E-state index in [2.05, 4.69) is 41.9 Å². The van der Waals surface area contributed by atoms with Gasteiger partial charge in [0.25, 0.3) is 11.8 Å². The molecule has 1 saturated heterocycles. The molecule has 10 aliphatic rings. The molecule has 0 aromatic carbocycles. The topological polar surface area (TPSA) is 114 Å². The molecule has 11 heteroatoms. The fraction of sp³-hybridized carbons (Fsp3) is 0.571. The number of amides is 2. The quantitative estimate of drug-likeness (QED) is 0.171. The highest BCUT2D eigenvalue weighted by atomic mass is 33.1. The molecule has 10 rings (SSSR count). The van der Waals surface area contributed by atoms with Gasteiger partial charge in [-0.2, -0.15) is 0 Å². The molecule has 2 saturated carbocycles. The third-order valence-corrected chi connectivity index (χ3v) is 15.9. The van der Waals surface area contributed by atoms with Gasteiger partial charge in [-0.05, 0) is 91.6 Å². The molecule has 5 heterocycles. The fourth-order valence-electron chi connectivity index (χ4n) is 11.3. The first-order valence-corrected chi connectivity index (χ1v) is 22.4. The van der Waals surface area contributed by atoms with E-state index in [0.29, 0.717) is 41.9 Å². The average Bonchev–Trinajstić information content (AvgIpc) is 3.79. The van der Waals surface area contributed by atoms with Crippen molar-refractivity contribution in [1.82, 2.24) is 15.5 Å². The molecule has 0 aromatic rings. The van der Waals surface area contributed by atoms with Crippen molar-refractivity contribution in [1.29, 1.82) is 0 Å². The third kappa shape index (κ3) is 5.90. The van der Waals surface area contributed by atoms with E-state index in [4.69, 9.17) is 9.47 Å². The van der Waals surface area contributed by atoms with Crippen LogP contribution in [-0.2, 0) is 28.7 Å². The van der Waals surface area contributed by atoms with Gasteiger partial charge in [-0.1, -0.05) is 73.1 Å². The number of hydrogen-bond donors (Lipinski definition) is 2. The van der Waals surface area contributed by atoms with Crippen molar-refractivity contribution in [2.45, 2.75) is 84.0 Å². The van der Waals surface area contributed by atoms with Crippen molar-refractivity contribution in [3.63, 3.8) is 0 Å². The summed E-state index contributed by atoms with van der Waals surface area (Å²) in [4.78, 5) is 56.4. The van der Waals surface area contributed by atoms with Crippen molar-refractivity contribution in [3.05, 3.63) is 81.7 Å². The van der Waals surface area contributed by atoms with Crippen LogP contribution in [0.25, 0.3) is 0 Å². The van der Waals surface area contributed by atoms with Crippen LogP contribution in [0.15, 0.2) is 81.7 Å². The molecule has 0 unspecified atom stereocenters. The van der Waals surface area contributed by atoms with Crippen LogP contribution < -0.4 is 10.6 Å². The molecule has 0 radical (unpaired) electrons. The number of carbonyl (C=O) groups is 4. The van der Waals surface area contributed by atoms with Crippen LogP contribution in [-0.4, -0.2) is 53.4 Å². The fourth-order valence-corrected chi connectivity index (χ4v) is 13.5. The third-order valence-electron chi connectivity index (χ3n) is 13.6. The van der Waals surface area contributed by atoms with Crippen LogP contribution >= 0.6 is 21.6 Å². The monoisotopic (exact) mass is 755 g/mol. The maximum atomic E-state index is 14.7. The highest BCUT2D eigenvalue weighted by molar-refractivity contribution is 8.76. The van der Waals surface area contributed by atoms with Gasteiger partial charge < -0.3 is 20.1 Å². The molecule has 53 heavy (non-hydrogen) atoms. The zero-order chi connectivity index (χ0) is 36.3.